The van der Waals surface area contributed by atoms with Gasteiger partial charge in [-0.3, -0.25) is 10.8 Å². The number of aromatic nitrogens is 1. The summed E-state index contributed by atoms with van der Waals surface area (Å²) in [5, 5.41) is 1.80. The van der Waals surface area contributed by atoms with Gasteiger partial charge in [0.2, 0.25) is 0 Å². The fourth-order valence-corrected chi connectivity index (χ4v) is 1.32. The third-order valence-electron chi connectivity index (χ3n) is 2.02. The van der Waals surface area contributed by atoms with Gasteiger partial charge < -0.3 is 0 Å². The molecular weight excluding hydrogens is 138 g/mol. The Hall–Kier alpha value is -0.930. The molecule has 1 aromatic heterocycles. The van der Waals surface area contributed by atoms with Crippen LogP contribution in [0.1, 0.15) is 11.6 Å². The summed E-state index contributed by atoms with van der Waals surface area (Å²) in [7, 11) is 0. The Balaban J connectivity index is 2.08. The van der Waals surface area contributed by atoms with Crippen molar-refractivity contribution in [2.75, 3.05) is 13.1 Å². The summed E-state index contributed by atoms with van der Waals surface area (Å²) in [6.07, 6.45) is 1.83. The summed E-state index contributed by atoms with van der Waals surface area (Å²) in [6.45, 7) is 1.88. The van der Waals surface area contributed by atoms with Crippen molar-refractivity contribution in [3.05, 3.63) is 30.1 Å². The zero-order valence-electron chi connectivity index (χ0n) is 6.27. The minimum Gasteiger partial charge on any atom is -0.269 e. The van der Waals surface area contributed by atoms with Gasteiger partial charge in [0.15, 0.2) is 0 Å². The Bertz CT molecular complexity index is 228. The van der Waals surface area contributed by atoms with E-state index in [-0.39, 0.29) is 0 Å². The third-order valence-corrected chi connectivity index (χ3v) is 2.02. The highest BCUT2D eigenvalue weighted by atomic mass is 15.4. The van der Waals surface area contributed by atoms with E-state index in [0.29, 0.717) is 5.92 Å². The van der Waals surface area contributed by atoms with Crippen LogP contribution in [-0.4, -0.2) is 23.1 Å². The monoisotopic (exact) mass is 149 g/mol. The van der Waals surface area contributed by atoms with E-state index in [0.717, 1.165) is 18.8 Å². The molecule has 2 N–H and O–H groups in total. The van der Waals surface area contributed by atoms with Crippen molar-refractivity contribution in [2.45, 2.75) is 5.92 Å². The van der Waals surface area contributed by atoms with Gasteiger partial charge >= 0.3 is 0 Å². The van der Waals surface area contributed by atoms with Gasteiger partial charge in [-0.1, -0.05) is 6.07 Å². The third kappa shape index (κ3) is 1.25. The zero-order valence-corrected chi connectivity index (χ0v) is 6.27. The maximum Gasteiger partial charge on any atom is 0.0461 e. The van der Waals surface area contributed by atoms with Gasteiger partial charge in [0.1, 0.15) is 0 Å². The van der Waals surface area contributed by atoms with E-state index >= 15 is 0 Å². The maximum atomic E-state index is 5.51. The fraction of sp³-hybridized carbons (Fsp3) is 0.375. The molecular formula is C8H11N3. The molecule has 11 heavy (non-hydrogen) atoms. The molecule has 3 heteroatoms. The number of hydrazine groups is 1. The molecule has 0 radical (unpaired) electrons. The second kappa shape index (κ2) is 2.60. The highest BCUT2D eigenvalue weighted by Gasteiger charge is 2.25. The maximum absolute atomic E-state index is 5.51. The molecule has 0 amide bonds. The molecule has 0 aromatic carbocycles. The van der Waals surface area contributed by atoms with Crippen molar-refractivity contribution in [1.82, 2.24) is 9.99 Å². The van der Waals surface area contributed by atoms with E-state index in [1.165, 1.54) is 0 Å². The van der Waals surface area contributed by atoms with Gasteiger partial charge in [0.25, 0.3) is 0 Å². The standard InChI is InChI=1S/C8H11N3/c9-11-5-7(6-11)8-3-1-2-4-10-8/h1-4,7H,5-6,9H2. The van der Waals surface area contributed by atoms with Crippen molar-refractivity contribution in [3.8, 4) is 0 Å². The highest BCUT2D eigenvalue weighted by Crippen LogP contribution is 2.21. The van der Waals surface area contributed by atoms with Crippen LogP contribution >= 0.6 is 0 Å². The van der Waals surface area contributed by atoms with E-state index in [4.69, 9.17) is 5.84 Å². The molecule has 0 unspecified atom stereocenters. The second-order valence-corrected chi connectivity index (χ2v) is 2.91. The van der Waals surface area contributed by atoms with Crippen LogP contribution in [0.5, 0.6) is 0 Å². The average molecular weight is 149 g/mol. The lowest BCUT2D eigenvalue weighted by atomic mass is 9.98. The van der Waals surface area contributed by atoms with Gasteiger partial charge in [0, 0.05) is 30.9 Å². The Morgan fingerprint density at radius 2 is 2.27 bits per heavy atom. The Morgan fingerprint density at radius 1 is 1.45 bits per heavy atom. The average Bonchev–Trinajstić information content (AvgIpc) is 2.01. The Kier molecular flexibility index (Phi) is 1.60. The van der Waals surface area contributed by atoms with Crippen LogP contribution < -0.4 is 5.84 Å². The molecule has 1 aromatic rings. The van der Waals surface area contributed by atoms with Gasteiger partial charge in [-0.05, 0) is 12.1 Å². The van der Waals surface area contributed by atoms with Crippen molar-refractivity contribution in [3.63, 3.8) is 0 Å². The van der Waals surface area contributed by atoms with E-state index in [9.17, 15) is 0 Å². The topological polar surface area (TPSA) is 42.1 Å². The first kappa shape index (κ1) is 6.76. The van der Waals surface area contributed by atoms with Crippen molar-refractivity contribution < 1.29 is 0 Å². The number of hydrogen-bond acceptors (Lipinski definition) is 3. The first-order valence-electron chi connectivity index (χ1n) is 3.77. The smallest absolute Gasteiger partial charge is 0.0461 e. The number of pyridine rings is 1. The van der Waals surface area contributed by atoms with Crippen molar-refractivity contribution in [2.24, 2.45) is 5.84 Å². The number of rotatable bonds is 1. The van der Waals surface area contributed by atoms with E-state index in [1.54, 1.807) is 5.01 Å². The molecule has 0 atom stereocenters. The van der Waals surface area contributed by atoms with Crippen LogP contribution in [0.4, 0.5) is 0 Å². The Morgan fingerprint density at radius 3 is 2.82 bits per heavy atom. The van der Waals surface area contributed by atoms with Gasteiger partial charge in [0.05, 0.1) is 0 Å². The molecule has 0 spiro atoms. The number of nitrogens with zero attached hydrogens (tertiary/aromatic N) is 2. The lowest BCUT2D eigenvalue weighted by Gasteiger charge is -2.34. The normalized spacial score (nSPS) is 19.7. The molecule has 0 bridgehead atoms. The molecule has 58 valence electrons. The minimum atomic E-state index is 0.557. The first-order valence-corrected chi connectivity index (χ1v) is 3.77. The lowest BCUT2D eigenvalue weighted by molar-refractivity contribution is 0.149. The summed E-state index contributed by atoms with van der Waals surface area (Å²) < 4.78 is 0. The molecule has 2 heterocycles. The fourth-order valence-electron chi connectivity index (χ4n) is 1.32. The van der Waals surface area contributed by atoms with Crippen LogP contribution in [0, 0.1) is 0 Å². The minimum absolute atomic E-state index is 0.557. The molecule has 1 aliphatic heterocycles. The lowest BCUT2D eigenvalue weighted by Crippen LogP contribution is -2.49. The quantitative estimate of drug-likeness (QED) is 0.586. The number of hydrogen-bond donors (Lipinski definition) is 1. The SMILES string of the molecule is NN1CC(c2ccccn2)C1. The predicted molar refractivity (Wildman–Crippen MR) is 42.7 cm³/mol. The van der Waals surface area contributed by atoms with Crippen LogP contribution in [-0.2, 0) is 0 Å². The summed E-state index contributed by atoms with van der Waals surface area (Å²) in [4.78, 5) is 4.25. The van der Waals surface area contributed by atoms with Crippen LogP contribution in [0.15, 0.2) is 24.4 Å². The van der Waals surface area contributed by atoms with Crippen LogP contribution in [0.3, 0.4) is 0 Å². The summed E-state index contributed by atoms with van der Waals surface area (Å²) in [5.41, 5.74) is 1.16. The molecule has 1 fully saturated rings. The van der Waals surface area contributed by atoms with Crippen molar-refractivity contribution >= 4 is 0 Å². The first-order chi connectivity index (χ1) is 5.36. The predicted octanol–water partition coefficient (Wildman–Crippen LogP) is 0.355. The summed E-state index contributed by atoms with van der Waals surface area (Å²) in [5.74, 6) is 6.07. The molecule has 1 aliphatic rings. The molecule has 1 saturated heterocycles. The van der Waals surface area contributed by atoms with Crippen molar-refractivity contribution in [1.29, 1.82) is 0 Å². The summed E-state index contributed by atoms with van der Waals surface area (Å²) >= 11 is 0. The zero-order chi connectivity index (χ0) is 7.68. The Labute approximate surface area is 65.8 Å². The largest absolute Gasteiger partial charge is 0.269 e. The molecule has 2 rings (SSSR count). The molecule has 0 aliphatic carbocycles. The summed E-state index contributed by atoms with van der Waals surface area (Å²) in [6, 6.07) is 6.00. The second-order valence-electron chi connectivity index (χ2n) is 2.91. The molecule has 0 saturated carbocycles. The van der Waals surface area contributed by atoms with Crippen LogP contribution in [0.2, 0.25) is 0 Å². The van der Waals surface area contributed by atoms with E-state index in [2.05, 4.69) is 11.1 Å². The number of nitrogens with two attached hydrogens (primary N) is 1. The van der Waals surface area contributed by atoms with Crippen LogP contribution in [0.25, 0.3) is 0 Å². The van der Waals surface area contributed by atoms with Gasteiger partial charge in [-0.25, -0.2) is 5.01 Å². The van der Waals surface area contributed by atoms with Gasteiger partial charge in [-0.15, -0.1) is 0 Å². The highest BCUT2D eigenvalue weighted by molar-refractivity contribution is 5.13. The van der Waals surface area contributed by atoms with Gasteiger partial charge in [-0.2, -0.15) is 0 Å². The van der Waals surface area contributed by atoms with E-state index < -0.39 is 0 Å². The molecule has 3 nitrogen and oxygen atoms in total. The van der Waals surface area contributed by atoms with E-state index in [1.807, 2.05) is 18.3 Å².